The fourth-order valence-corrected chi connectivity index (χ4v) is 0.245. The number of hydrogen-bond acceptors (Lipinski definition) is 4. The Kier molecular flexibility index (Phi) is 0.908. The summed E-state index contributed by atoms with van der Waals surface area (Å²) in [4.78, 5) is 23.7. The van der Waals surface area contributed by atoms with Crippen LogP contribution in [0, 0.1) is 0 Å². The lowest BCUT2D eigenvalue weighted by atomic mass is 10.5. The summed E-state index contributed by atoms with van der Waals surface area (Å²) >= 11 is 0. The molecule has 0 saturated carbocycles. The van der Waals surface area contributed by atoms with Crippen LogP contribution in [0.5, 0.6) is 0 Å². The number of hydrogen-bond donors (Lipinski definition) is 0. The number of nitrogens with zero attached hydrogens (tertiary/aromatic N) is 2. The van der Waals surface area contributed by atoms with Crippen molar-refractivity contribution in [1.29, 1.82) is 0 Å². The number of carbonyl (C=O) groups excluding carboxylic acids is 2. The average molecular weight is 112 g/mol. The molecule has 0 aromatic rings. The van der Waals surface area contributed by atoms with Gasteiger partial charge in [-0.2, -0.15) is 0 Å². The van der Waals surface area contributed by atoms with Gasteiger partial charge in [0.25, 0.3) is 0 Å². The van der Waals surface area contributed by atoms with Crippen molar-refractivity contribution >= 4 is 11.8 Å². The molecule has 1 aliphatic heterocycles. The van der Waals surface area contributed by atoms with Gasteiger partial charge in [-0.25, -0.2) is 4.79 Å². The van der Waals surface area contributed by atoms with Crippen molar-refractivity contribution in [1.82, 2.24) is 0 Å². The first-order valence-corrected chi connectivity index (χ1v) is 1.72. The maximum Gasteiger partial charge on any atom is 0.348 e. The molecule has 0 aromatic carbocycles. The quantitative estimate of drug-likeness (QED) is 0.317. The Balaban J connectivity index is 2.95. The molecule has 0 spiro atoms. The van der Waals surface area contributed by atoms with Crippen LogP contribution >= 0.6 is 0 Å². The van der Waals surface area contributed by atoms with E-state index in [1.54, 1.807) is 0 Å². The molecule has 0 unspecified atom stereocenters. The second kappa shape index (κ2) is 1.55. The van der Waals surface area contributed by atoms with Gasteiger partial charge in [-0.1, -0.05) is 5.11 Å². The summed E-state index contributed by atoms with van der Waals surface area (Å²) in [5.41, 5.74) is 0. The first kappa shape index (κ1) is 4.67. The molecule has 1 aliphatic rings. The van der Waals surface area contributed by atoms with Crippen molar-refractivity contribution in [2.75, 3.05) is 0 Å². The largest absolute Gasteiger partial charge is 0.348 e. The van der Waals surface area contributed by atoms with Crippen molar-refractivity contribution in [3.63, 3.8) is 0 Å². The Morgan fingerprint density at radius 3 is 2.62 bits per heavy atom. The predicted molar refractivity (Wildman–Crippen MR) is 20.2 cm³/mol. The lowest BCUT2D eigenvalue weighted by molar-refractivity contribution is -0.115. The van der Waals surface area contributed by atoms with E-state index in [9.17, 15) is 9.59 Å². The van der Waals surface area contributed by atoms with Gasteiger partial charge in [-0.15, -0.1) is 0 Å². The maximum atomic E-state index is 10.1. The minimum atomic E-state index is -0.778. The summed E-state index contributed by atoms with van der Waals surface area (Å²) in [6, 6.07) is 0. The number of rotatable bonds is 0. The molecule has 1 rings (SSSR count). The third-order valence-corrected chi connectivity index (χ3v) is 0.551. The fraction of sp³-hybridized carbons (Fsp3) is 0. The van der Waals surface area contributed by atoms with Gasteiger partial charge in [0.15, 0.2) is 5.94 Å². The number of amides is 1. The van der Waals surface area contributed by atoms with Crippen molar-refractivity contribution < 1.29 is 14.4 Å². The van der Waals surface area contributed by atoms with Crippen molar-refractivity contribution in [2.45, 2.75) is 0 Å². The average Bonchev–Trinajstić information content (AvgIpc) is 2.14. The van der Waals surface area contributed by atoms with Crippen LogP contribution in [-0.4, -0.2) is 11.8 Å². The zero-order valence-corrected chi connectivity index (χ0v) is 3.62. The molecule has 1 amide bonds. The van der Waals surface area contributed by atoms with Crippen LogP contribution < -0.4 is 0 Å². The molecule has 0 atom stereocenters. The molecule has 0 aromatic heterocycles. The highest BCUT2D eigenvalue weighted by atomic mass is 16.7. The van der Waals surface area contributed by atoms with Crippen LogP contribution in [0.2, 0.25) is 0 Å². The van der Waals surface area contributed by atoms with Crippen LogP contribution in [0.4, 0.5) is 0 Å². The Morgan fingerprint density at radius 1 is 1.62 bits per heavy atom. The Labute approximate surface area is 43.6 Å². The first-order valence-electron chi connectivity index (χ1n) is 1.72. The van der Waals surface area contributed by atoms with E-state index in [0.717, 1.165) is 0 Å². The van der Waals surface area contributed by atoms with E-state index in [1.165, 1.54) is 5.94 Å². The highest BCUT2D eigenvalue weighted by molar-refractivity contribution is 5.99. The molecule has 0 fully saturated rings. The molecular formula is C3N2O3. The minimum absolute atomic E-state index is 0.481. The van der Waals surface area contributed by atoms with Crippen molar-refractivity contribution in [2.24, 2.45) is 10.4 Å². The molecule has 40 valence electrons. The molecule has 5 heteroatoms. The third-order valence-electron chi connectivity index (χ3n) is 0.551. The van der Waals surface area contributed by atoms with Gasteiger partial charge in [-0.05, 0) is 0 Å². The summed E-state index contributed by atoms with van der Waals surface area (Å²) < 4.78 is 0. The van der Waals surface area contributed by atoms with Gasteiger partial charge < -0.3 is 4.84 Å². The Hall–Kier alpha value is -1.48. The summed E-state index contributed by atoms with van der Waals surface area (Å²) in [6.45, 7) is 0. The Morgan fingerprint density at radius 2 is 2.38 bits per heavy atom. The second-order valence-corrected chi connectivity index (χ2v) is 1.01. The molecule has 0 bridgehead atoms. The minimum Gasteiger partial charge on any atom is -0.321 e. The summed E-state index contributed by atoms with van der Waals surface area (Å²) in [5, 5.41) is 5.65. The molecule has 1 heterocycles. The van der Waals surface area contributed by atoms with E-state index in [4.69, 9.17) is 0 Å². The van der Waals surface area contributed by atoms with Crippen LogP contribution in [0.25, 0.3) is 0 Å². The zero-order valence-electron chi connectivity index (χ0n) is 3.62. The van der Waals surface area contributed by atoms with Crippen LogP contribution in [0.3, 0.4) is 0 Å². The van der Waals surface area contributed by atoms with Crippen LogP contribution in [-0.2, 0) is 14.4 Å². The summed E-state index contributed by atoms with van der Waals surface area (Å²) in [7, 11) is 0. The van der Waals surface area contributed by atoms with E-state index >= 15 is 0 Å². The topological polar surface area (TPSA) is 68.1 Å². The number of carbonyl (C=O) groups is 1. The first-order chi connectivity index (χ1) is 3.84. The van der Waals surface area contributed by atoms with E-state index in [1.807, 2.05) is 0 Å². The van der Waals surface area contributed by atoms with E-state index < -0.39 is 11.7 Å². The van der Waals surface area contributed by atoms with E-state index in [2.05, 4.69) is 15.2 Å². The lowest BCUT2D eigenvalue weighted by Gasteiger charge is -1.75. The molecular weight excluding hydrogens is 112 g/mol. The maximum absolute atomic E-state index is 10.1. The lowest BCUT2D eigenvalue weighted by Crippen LogP contribution is -1.91. The molecule has 5 nitrogen and oxygen atoms in total. The van der Waals surface area contributed by atoms with Gasteiger partial charge in [-0.3, -0.25) is 4.79 Å². The fourth-order valence-electron chi connectivity index (χ4n) is 0.245. The smallest absolute Gasteiger partial charge is 0.321 e. The van der Waals surface area contributed by atoms with Crippen molar-refractivity contribution in [3.8, 4) is 0 Å². The van der Waals surface area contributed by atoms with E-state index in [0.29, 0.717) is 0 Å². The van der Waals surface area contributed by atoms with Gasteiger partial charge in [0.05, 0.1) is 0 Å². The molecule has 0 aliphatic carbocycles. The second-order valence-electron chi connectivity index (χ2n) is 1.01. The van der Waals surface area contributed by atoms with Crippen LogP contribution in [0.15, 0.2) is 16.2 Å². The van der Waals surface area contributed by atoms with Crippen molar-refractivity contribution in [3.05, 3.63) is 5.76 Å². The highest BCUT2D eigenvalue weighted by Gasteiger charge is 2.17. The summed E-state index contributed by atoms with van der Waals surface area (Å²) in [5.74, 6) is -0.0382. The summed E-state index contributed by atoms with van der Waals surface area (Å²) in [6.07, 6.45) is 0. The standard InChI is InChI=1S/C3N2O3/c6-1-2-3(7)4-5-8-2. The monoisotopic (exact) mass is 112 g/mol. The van der Waals surface area contributed by atoms with E-state index in [-0.39, 0.29) is 0 Å². The van der Waals surface area contributed by atoms with Gasteiger partial charge in [0, 0.05) is 5.28 Å². The normalized spacial score (nSPS) is 16.0. The molecule has 0 N–H and O–H groups in total. The molecule has 0 saturated heterocycles. The highest BCUT2D eigenvalue weighted by Crippen LogP contribution is 2.04. The SMILES string of the molecule is O=C=C1ON=NC1=O. The third kappa shape index (κ3) is 0.506. The predicted octanol–water partition coefficient (Wildman–Crippen LogP) is -0.374. The zero-order chi connectivity index (χ0) is 5.98. The molecule has 8 heavy (non-hydrogen) atoms. The van der Waals surface area contributed by atoms with Gasteiger partial charge in [0.2, 0.25) is 0 Å². The van der Waals surface area contributed by atoms with Gasteiger partial charge in [0.1, 0.15) is 0 Å². The molecule has 0 radical (unpaired) electrons. The van der Waals surface area contributed by atoms with Gasteiger partial charge >= 0.3 is 11.7 Å². The van der Waals surface area contributed by atoms with Crippen LogP contribution in [0.1, 0.15) is 0 Å². The Bertz CT molecular complexity index is 201.